The Morgan fingerprint density at radius 1 is 0.868 bits per heavy atom. The van der Waals surface area contributed by atoms with Crippen molar-refractivity contribution in [3.63, 3.8) is 0 Å². The molecule has 4 rings (SSSR count). The molecule has 1 heterocycles. The predicted octanol–water partition coefficient (Wildman–Crippen LogP) is 5.34. The first kappa shape index (κ1) is 26.9. The summed E-state index contributed by atoms with van der Waals surface area (Å²) in [5.74, 6) is 1.85. The Balaban J connectivity index is 1.53. The monoisotopic (exact) mass is 513 g/mol. The van der Waals surface area contributed by atoms with Gasteiger partial charge in [0, 0.05) is 30.9 Å². The molecule has 0 radical (unpaired) electrons. The molecule has 8 nitrogen and oxygen atoms in total. The zero-order valence-electron chi connectivity index (χ0n) is 22.7. The van der Waals surface area contributed by atoms with Gasteiger partial charge in [-0.3, -0.25) is 4.79 Å². The second-order valence-corrected chi connectivity index (χ2v) is 9.14. The fourth-order valence-electron chi connectivity index (χ4n) is 4.06. The summed E-state index contributed by atoms with van der Waals surface area (Å²) in [7, 11) is 5.66. The maximum atomic E-state index is 13.0. The predicted molar refractivity (Wildman–Crippen MR) is 154 cm³/mol. The normalized spacial score (nSPS) is 11.0. The van der Waals surface area contributed by atoms with E-state index in [1.807, 2.05) is 80.8 Å². The Labute approximate surface area is 224 Å². The minimum atomic E-state index is -0.189. The zero-order valence-corrected chi connectivity index (χ0v) is 22.7. The zero-order chi connectivity index (χ0) is 27.1. The highest BCUT2D eigenvalue weighted by Crippen LogP contribution is 2.29. The summed E-state index contributed by atoms with van der Waals surface area (Å²) in [5, 5.41) is 2.99. The molecule has 0 atom stereocenters. The third-order valence-corrected chi connectivity index (χ3v) is 6.28. The van der Waals surface area contributed by atoms with Gasteiger partial charge in [0.05, 0.1) is 18.1 Å². The Morgan fingerprint density at radius 2 is 1.53 bits per heavy atom. The Kier molecular flexibility index (Phi) is 8.76. The van der Waals surface area contributed by atoms with Gasteiger partial charge in [-0.05, 0) is 81.5 Å². The van der Waals surface area contributed by atoms with E-state index in [1.54, 1.807) is 7.11 Å². The lowest BCUT2D eigenvalue weighted by atomic mass is 10.0. The van der Waals surface area contributed by atoms with Gasteiger partial charge in [-0.15, -0.1) is 0 Å². The van der Waals surface area contributed by atoms with Gasteiger partial charge in [-0.2, -0.15) is 0 Å². The molecule has 0 saturated carbocycles. The molecular weight excluding hydrogens is 478 g/mol. The Bertz CT molecular complexity index is 1370. The van der Waals surface area contributed by atoms with Crippen molar-refractivity contribution in [2.45, 2.75) is 13.8 Å². The molecule has 0 saturated heterocycles. The van der Waals surface area contributed by atoms with Crippen LogP contribution in [0, 0.1) is 0 Å². The van der Waals surface area contributed by atoms with Crippen LogP contribution in [0.2, 0.25) is 0 Å². The third kappa shape index (κ3) is 6.39. The summed E-state index contributed by atoms with van der Waals surface area (Å²) < 4.78 is 11.2. The highest BCUT2D eigenvalue weighted by atomic mass is 16.5. The molecule has 0 bridgehead atoms. The standard InChI is InChI=1S/C30H35N5O3/c1-6-35(7-2)28-30(38-19-18-34(3)4)33-26-17-14-24(20-27(26)32-28)31-29(36)23-10-8-21(9-11-23)22-12-15-25(37-5)16-13-22/h8-17,20H,6-7,18-19H2,1-5H3,(H,31,36). The quantitative estimate of drug-likeness (QED) is 0.290. The number of amides is 1. The number of aromatic nitrogens is 2. The fraction of sp³-hybridized carbons (Fsp3) is 0.300. The summed E-state index contributed by atoms with van der Waals surface area (Å²) >= 11 is 0. The number of ether oxygens (including phenoxy) is 2. The number of hydrogen-bond donors (Lipinski definition) is 1. The van der Waals surface area contributed by atoms with Crippen molar-refractivity contribution in [3.8, 4) is 22.8 Å². The van der Waals surface area contributed by atoms with Gasteiger partial charge in [-0.1, -0.05) is 24.3 Å². The second-order valence-electron chi connectivity index (χ2n) is 9.14. The Hall–Kier alpha value is -4.17. The van der Waals surface area contributed by atoms with Crippen LogP contribution in [0.5, 0.6) is 11.6 Å². The van der Waals surface area contributed by atoms with E-state index in [0.29, 0.717) is 40.6 Å². The number of likely N-dealkylation sites (N-methyl/N-ethyl adjacent to an activating group) is 1. The van der Waals surface area contributed by atoms with Crippen LogP contribution < -0.4 is 19.7 Å². The smallest absolute Gasteiger partial charge is 0.258 e. The van der Waals surface area contributed by atoms with E-state index in [0.717, 1.165) is 36.5 Å². The lowest BCUT2D eigenvalue weighted by Gasteiger charge is -2.22. The van der Waals surface area contributed by atoms with Gasteiger partial charge in [0.15, 0.2) is 5.82 Å². The first-order chi connectivity index (χ1) is 18.4. The van der Waals surface area contributed by atoms with E-state index in [1.165, 1.54) is 0 Å². The first-order valence-electron chi connectivity index (χ1n) is 12.8. The maximum absolute atomic E-state index is 13.0. The average molecular weight is 514 g/mol. The van der Waals surface area contributed by atoms with Crippen molar-refractivity contribution in [1.82, 2.24) is 14.9 Å². The summed E-state index contributed by atoms with van der Waals surface area (Å²) in [4.78, 5) is 26.8. The van der Waals surface area contributed by atoms with Crippen LogP contribution in [0.25, 0.3) is 22.2 Å². The molecule has 8 heteroatoms. The average Bonchev–Trinajstić information content (AvgIpc) is 2.94. The summed E-state index contributed by atoms with van der Waals surface area (Å²) in [5.41, 5.74) is 4.71. The van der Waals surface area contributed by atoms with Gasteiger partial charge in [-0.25, -0.2) is 9.97 Å². The molecular formula is C30H35N5O3. The van der Waals surface area contributed by atoms with E-state index >= 15 is 0 Å². The molecule has 0 aliphatic carbocycles. The minimum absolute atomic E-state index is 0.189. The van der Waals surface area contributed by atoms with Crippen LogP contribution >= 0.6 is 0 Å². The Morgan fingerprint density at radius 3 is 2.13 bits per heavy atom. The van der Waals surface area contributed by atoms with Gasteiger partial charge in [0.25, 0.3) is 11.8 Å². The first-order valence-corrected chi connectivity index (χ1v) is 12.8. The van der Waals surface area contributed by atoms with Crippen molar-refractivity contribution in [1.29, 1.82) is 0 Å². The van der Waals surface area contributed by atoms with Gasteiger partial charge < -0.3 is 24.6 Å². The minimum Gasteiger partial charge on any atom is -0.497 e. The van der Waals surface area contributed by atoms with Crippen LogP contribution in [0.1, 0.15) is 24.2 Å². The van der Waals surface area contributed by atoms with Crippen molar-refractivity contribution in [2.24, 2.45) is 0 Å². The number of rotatable bonds is 11. The van der Waals surface area contributed by atoms with Gasteiger partial charge in [0.2, 0.25) is 0 Å². The highest BCUT2D eigenvalue weighted by molar-refractivity contribution is 6.05. The fourth-order valence-corrected chi connectivity index (χ4v) is 4.06. The molecule has 0 fully saturated rings. The number of fused-ring (bicyclic) bond motifs is 1. The van der Waals surface area contributed by atoms with Crippen LogP contribution in [0.4, 0.5) is 11.5 Å². The topological polar surface area (TPSA) is 79.8 Å². The summed E-state index contributed by atoms with van der Waals surface area (Å²) in [6, 6.07) is 20.9. The summed E-state index contributed by atoms with van der Waals surface area (Å²) in [6.07, 6.45) is 0. The lowest BCUT2D eigenvalue weighted by Crippen LogP contribution is -2.25. The van der Waals surface area contributed by atoms with Gasteiger partial charge >= 0.3 is 0 Å². The van der Waals surface area contributed by atoms with E-state index < -0.39 is 0 Å². The lowest BCUT2D eigenvalue weighted by molar-refractivity contribution is 0.102. The number of nitrogens with zero attached hydrogens (tertiary/aromatic N) is 4. The van der Waals surface area contributed by atoms with Crippen molar-refractivity contribution < 1.29 is 14.3 Å². The molecule has 198 valence electrons. The third-order valence-electron chi connectivity index (χ3n) is 6.28. The van der Waals surface area contributed by atoms with Crippen molar-refractivity contribution in [2.75, 3.05) is 57.7 Å². The van der Waals surface area contributed by atoms with Crippen molar-refractivity contribution in [3.05, 3.63) is 72.3 Å². The van der Waals surface area contributed by atoms with E-state index in [-0.39, 0.29) is 5.91 Å². The van der Waals surface area contributed by atoms with E-state index in [4.69, 9.17) is 19.4 Å². The molecule has 0 unspecified atom stereocenters. The van der Waals surface area contributed by atoms with Crippen LogP contribution in [0.15, 0.2) is 66.7 Å². The molecule has 0 aliphatic rings. The maximum Gasteiger partial charge on any atom is 0.258 e. The number of methoxy groups -OCH3 is 1. The molecule has 4 aromatic rings. The number of carbonyl (C=O) groups is 1. The van der Waals surface area contributed by atoms with E-state index in [9.17, 15) is 4.79 Å². The molecule has 0 aliphatic heterocycles. The number of benzene rings is 3. The second kappa shape index (κ2) is 12.4. The number of anilines is 2. The number of carbonyl (C=O) groups excluding carboxylic acids is 1. The summed E-state index contributed by atoms with van der Waals surface area (Å²) in [6.45, 7) is 7.02. The molecule has 0 spiro atoms. The van der Waals surface area contributed by atoms with Crippen LogP contribution in [-0.2, 0) is 0 Å². The molecule has 1 N–H and O–H groups in total. The highest BCUT2D eigenvalue weighted by Gasteiger charge is 2.16. The SMILES string of the molecule is CCN(CC)c1nc2cc(NC(=O)c3ccc(-c4ccc(OC)cc4)cc3)ccc2nc1OCCN(C)C. The molecule has 1 aromatic heterocycles. The van der Waals surface area contributed by atoms with Crippen molar-refractivity contribution >= 4 is 28.4 Å². The molecule has 1 amide bonds. The largest absolute Gasteiger partial charge is 0.497 e. The van der Waals surface area contributed by atoms with E-state index in [2.05, 4.69) is 29.0 Å². The van der Waals surface area contributed by atoms with Gasteiger partial charge in [0.1, 0.15) is 12.4 Å². The molecule has 38 heavy (non-hydrogen) atoms. The number of hydrogen-bond acceptors (Lipinski definition) is 7. The number of nitrogens with one attached hydrogen (secondary N) is 1. The molecule has 3 aromatic carbocycles. The van der Waals surface area contributed by atoms with Crippen LogP contribution in [-0.4, -0.2) is 68.2 Å². The van der Waals surface area contributed by atoms with Crippen LogP contribution in [0.3, 0.4) is 0 Å².